The highest BCUT2D eigenvalue weighted by molar-refractivity contribution is 7.90. The first-order chi connectivity index (χ1) is 10.7. The number of aromatic nitrogens is 1. The Hall–Kier alpha value is -1.99. The normalized spacial score (nSPS) is 12.7. The first kappa shape index (κ1) is 15.9. The summed E-state index contributed by atoms with van der Waals surface area (Å²) in [6.07, 6.45) is -3.44. The molecule has 1 heterocycles. The van der Waals surface area contributed by atoms with Crippen molar-refractivity contribution in [2.24, 2.45) is 0 Å². The Morgan fingerprint density at radius 3 is 2.39 bits per heavy atom. The van der Waals surface area contributed by atoms with Gasteiger partial charge in [-0.2, -0.15) is 13.2 Å². The molecule has 0 aliphatic heterocycles. The van der Waals surface area contributed by atoms with E-state index in [4.69, 9.17) is 11.6 Å². The average molecular weight is 360 g/mol. The minimum atomic E-state index is -4.62. The predicted molar refractivity (Wildman–Crippen MR) is 81.0 cm³/mol. The van der Waals surface area contributed by atoms with E-state index in [1.165, 1.54) is 12.3 Å². The van der Waals surface area contributed by atoms with Crippen LogP contribution in [0.25, 0.3) is 10.9 Å². The fraction of sp³-hybridized carbons (Fsp3) is 0.0667. The summed E-state index contributed by atoms with van der Waals surface area (Å²) in [5.41, 5.74) is -0.726. The second-order valence-corrected chi connectivity index (χ2v) is 7.04. The van der Waals surface area contributed by atoms with E-state index in [0.29, 0.717) is 17.0 Å². The van der Waals surface area contributed by atoms with Crippen LogP contribution >= 0.6 is 11.6 Å². The standard InChI is InChI=1S/C15H9ClF3NO2S/c16-13-9-20(14-7-2-1-6-12(13)14)23(21,22)11-5-3-4-10(8-11)15(17,18)19/h1-9H. The van der Waals surface area contributed by atoms with Gasteiger partial charge in [-0.3, -0.25) is 0 Å². The van der Waals surface area contributed by atoms with Gasteiger partial charge in [0, 0.05) is 11.6 Å². The molecule has 3 nitrogen and oxygen atoms in total. The molecular formula is C15H9ClF3NO2S. The van der Waals surface area contributed by atoms with Crippen molar-refractivity contribution in [3.8, 4) is 0 Å². The van der Waals surface area contributed by atoms with Crippen molar-refractivity contribution in [2.45, 2.75) is 11.1 Å². The van der Waals surface area contributed by atoms with Crippen molar-refractivity contribution < 1.29 is 21.6 Å². The first-order valence-electron chi connectivity index (χ1n) is 6.40. The maximum absolute atomic E-state index is 12.8. The molecule has 0 bridgehead atoms. The lowest BCUT2D eigenvalue weighted by molar-refractivity contribution is -0.137. The molecule has 3 rings (SSSR count). The highest BCUT2D eigenvalue weighted by Gasteiger charge is 2.32. The van der Waals surface area contributed by atoms with E-state index < -0.39 is 26.7 Å². The van der Waals surface area contributed by atoms with E-state index in [1.807, 2.05) is 0 Å². The zero-order chi connectivity index (χ0) is 16.8. The largest absolute Gasteiger partial charge is 0.416 e. The predicted octanol–water partition coefficient (Wildman–Crippen LogP) is 4.55. The third-order valence-corrected chi connectivity index (χ3v) is 5.32. The topological polar surface area (TPSA) is 39.1 Å². The van der Waals surface area contributed by atoms with Crippen molar-refractivity contribution in [3.63, 3.8) is 0 Å². The Morgan fingerprint density at radius 2 is 1.70 bits per heavy atom. The SMILES string of the molecule is O=S(=O)(c1cccc(C(F)(F)F)c1)n1cc(Cl)c2ccccc21. The average Bonchev–Trinajstić information content (AvgIpc) is 2.85. The van der Waals surface area contributed by atoms with E-state index in [-0.39, 0.29) is 5.02 Å². The number of rotatable bonds is 2. The van der Waals surface area contributed by atoms with Gasteiger partial charge in [0.1, 0.15) is 0 Å². The van der Waals surface area contributed by atoms with Gasteiger partial charge in [-0.25, -0.2) is 12.4 Å². The molecular weight excluding hydrogens is 351 g/mol. The van der Waals surface area contributed by atoms with Gasteiger partial charge in [0.05, 0.1) is 21.0 Å². The number of para-hydroxylation sites is 1. The smallest absolute Gasteiger partial charge is 0.240 e. The summed E-state index contributed by atoms with van der Waals surface area (Å²) in [6.45, 7) is 0. The fourth-order valence-corrected chi connectivity index (χ4v) is 3.99. The lowest BCUT2D eigenvalue weighted by atomic mass is 10.2. The highest BCUT2D eigenvalue weighted by Crippen LogP contribution is 2.33. The Balaban J connectivity index is 2.23. The van der Waals surface area contributed by atoms with Crippen molar-refractivity contribution in [3.05, 3.63) is 65.3 Å². The number of halogens is 4. The van der Waals surface area contributed by atoms with Crippen molar-refractivity contribution >= 4 is 32.5 Å². The molecule has 3 aromatic rings. The first-order valence-corrected chi connectivity index (χ1v) is 8.21. The molecule has 0 aliphatic rings. The number of benzene rings is 2. The van der Waals surface area contributed by atoms with Crippen LogP contribution in [0.2, 0.25) is 5.02 Å². The van der Waals surface area contributed by atoms with Gasteiger partial charge in [0.25, 0.3) is 10.0 Å². The number of alkyl halides is 3. The molecule has 0 saturated carbocycles. The lowest BCUT2D eigenvalue weighted by Gasteiger charge is -2.11. The molecule has 0 amide bonds. The second kappa shape index (κ2) is 5.28. The summed E-state index contributed by atoms with van der Waals surface area (Å²) in [6, 6.07) is 10.1. The van der Waals surface area contributed by atoms with Gasteiger partial charge in [-0.1, -0.05) is 35.9 Å². The molecule has 8 heteroatoms. The molecule has 0 atom stereocenters. The maximum atomic E-state index is 12.8. The van der Waals surface area contributed by atoms with Crippen molar-refractivity contribution in [1.82, 2.24) is 3.97 Å². The van der Waals surface area contributed by atoms with Crippen LogP contribution in [0, 0.1) is 0 Å². The molecule has 0 unspecified atom stereocenters. The van der Waals surface area contributed by atoms with Crippen LogP contribution in [0.1, 0.15) is 5.56 Å². The minimum absolute atomic E-state index is 0.205. The van der Waals surface area contributed by atoms with E-state index in [2.05, 4.69) is 0 Å². The number of fused-ring (bicyclic) bond motifs is 1. The van der Waals surface area contributed by atoms with Crippen LogP contribution in [0.15, 0.2) is 59.6 Å². The third kappa shape index (κ3) is 2.70. The summed E-state index contributed by atoms with van der Waals surface area (Å²) < 4.78 is 64.6. The zero-order valence-electron chi connectivity index (χ0n) is 11.4. The minimum Gasteiger partial charge on any atom is -0.240 e. The quantitative estimate of drug-likeness (QED) is 0.673. The Labute approximate surface area is 135 Å². The van der Waals surface area contributed by atoms with E-state index in [1.54, 1.807) is 18.2 Å². The van der Waals surface area contributed by atoms with Crippen LogP contribution in [-0.4, -0.2) is 12.4 Å². The maximum Gasteiger partial charge on any atom is 0.416 e. The number of hydrogen-bond acceptors (Lipinski definition) is 2. The molecule has 0 fully saturated rings. The molecule has 2 aromatic carbocycles. The molecule has 0 saturated heterocycles. The van der Waals surface area contributed by atoms with Crippen LogP contribution < -0.4 is 0 Å². The van der Waals surface area contributed by atoms with Gasteiger partial charge in [0.2, 0.25) is 0 Å². The van der Waals surface area contributed by atoms with Gasteiger partial charge >= 0.3 is 6.18 Å². The van der Waals surface area contributed by atoms with Crippen LogP contribution in [0.5, 0.6) is 0 Å². The highest BCUT2D eigenvalue weighted by atomic mass is 35.5. The molecule has 0 spiro atoms. The second-order valence-electron chi connectivity index (χ2n) is 4.82. The molecule has 0 N–H and O–H groups in total. The Kier molecular flexibility index (Phi) is 3.65. The summed E-state index contributed by atoms with van der Waals surface area (Å²) in [5.74, 6) is 0. The van der Waals surface area contributed by atoms with E-state index in [0.717, 1.165) is 22.2 Å². The fourth-order valence-electron chi connectivity index (χ4n) is 2.26. The molecule has 0 aliphatic carbocycles. The van der Waals surface area contributed by atoms with Gasteiger partial charge in [-0.15, -0.1) is 0 Å². The van der Waals surface area contributed by atoms with E-state index in [9.17, 15) is 21.6 Å². The molecule has 1 aromatic heterocycles. The summed E-state index contributed by atoms with van der Waals surface area (Å²) in [7, 11) is -4.20. The summed E-state index contributed by atoms with van der Waals surface area (Å²) in [5, 5.41) is 0.709. The Bertz CT molecular complexity index is 993. The third-order valence-electron chi connectivity index (χ3n) is 3.35. The lowest BCUT2D eigenvalue weighted by Crippen LogP contribution is -2.13. The monoisotopic (exact) mass is 359 g/mol. The number of nitrogens with zero attached hydrogens (tertiary/aromatic N) is 1. The van der Waals surface area contributed by atoms with Crippen LogP contribution in [0.4, 0.5) is 13.2 Å². The summed E-state index contributed by atoms with van der Waals surface area (Å²) in [4.78, 5) is -0.454. The van der Waals surface area contributed by atoms with Crippen molar-refractivity contribution in [1.29, 1.82) is 0 Å². The van der Waals surface area contributed by atoms with Crippen LogP contribution in [-0.2, 0) is 16.2 Å². The summed E-state index contributed by atoms with van der Waals surface area (Å²) >= 11 is 6.01. The Morgan fingerprint density at radius 1 is 1.00 bits per heavy atom. The number of hydrogen-bond donors (Lipinski definition) is 0. The molecule has 23 heavy (non-hydrogen) atoms. The van der Waals surface area contributed by atoms with Crippen LogP contribution in [0.3, 0.4) is 0 Å². The van der Waals surface area contributed by atoms with Gasteiger partial charge in [-0.05, 0) is 24.3 Å². The van der Waals surface area contributed by atoms with Gasteiger partial charge < -0.3 is 0 Å². The zero-order valence-corrected chi connectivity index (χ0v) is 13.0. The van der Waals surface area contributed by atoms with Crippen molar-refractivity contribution in [2.75, 3.05) is 0 Å². The van der Waals surface area contributed by atoms with E-state index >= 15 is 0 Å². The molecule has 0 radical (unpaired) electrons. The molecule has 120 valence electrons. The van der Waals surface area contributed by atoms with Gasteiger partial charge in [0.15, 0.2) is 0 Å².